The molecule has 0 saturated heterocycles. The molecule has 3 heteroatoms. The molecule has 4 aliphatic carbocycles. The van der Waals surface area contributed by atoms with Crippen LogP contribution >= 0.6 is 0 Å². The molecule has 3 nitrogen and oxygen atoms in total. The molecule has 0 aromatic heterocycles. The number of hydrogen-bond donors (Lipinski definition) is 2. The highest BCUT2D eigenvalue weighted by Gasteiger charge is 2.51. The highest BCUT2D eigenvalue weighted by Crippen LogP contribution is 2.61. The summed E-state index contributed by atoms with van der Waals surface area (Å²) in [5.41, 5.74) is 1.58. The first-order valence-electron chi connectivity index (χ1n) is 10.0. The van der Waals surface area contributed by atoms with Gasteiger partial charge in [0.1, 0.15) is 6.04 Å². The summed E-state index contributed by atoms with van der Waals surface area (Å²) in [7, 11) is 0. The van der Waals surface area contributed by atoms with Gasteiger partial charge in [0.2, 0.25) is 0 Å². The van der Waals surface area contributed by atoms with Gasteiger partial charge in [0, 0.05) is 6.04 Å². The highest BCUT2D eigenvalue weighted by molar-refractivity contribution is 5.74. The van der Waals surface area contributed by atoms with Crippen molar-refractivity contribution in [2.45, 2.75) is 70.4 Å². The Balaban J connectivity index is 1.38. The number of hydrogen-bond acceptors (Lipinski definition) is 2. The smallest absolute Gasteiger partial charge is 0.321 e. The number of benzene rings is 1. The van der Waals surface area contributed by atoms with Gasteiger partial charge in [-0.2, -0.15) is 0 Å². The third kappa shape index (κ3) is 3.76. The second-order valence-corrected chi connectivity index (χ2v) is 9.27. The van der Waals surface area contributed by atoms with E-state index in [1.165, 1.54) is 38.5 Å². The summed E-state index contributed by atoms with van der Waals surface area (Å²) in [5, 5.41) is 13.1. The summed E-state index contributed by atoms with van der Waals surface area (Å²) >= 11 is 0. The monoisotopic (exact) mass is 341 g/mol. The molecule has 4 saturated carbocycles. The molecule has 4 aliphatic rings. The van der Waals surface area contributed by atoms with Crippen LogP contribution in [0.25, 0.3) is 0 Å². The van der Waals surface area contributed by atoms with Crippen molar-refractivity contribution >= 4 is 5.97 Å². The number of carboxylic acids is 1. The van der Waals surface area contributed by atoms with Crippen LogP contribution in [0.15, 0.2) is 30.3 Å². The minimum absolute atomic E-state index is 0.265. The van der Waals surface area contributed by atoms with Crippen LogP contribution in [-0.2, 0) is 11.2 Å². The van der Waals surface area contributed by atoms with Crippen LogP contribution in [-0.4, -0.2) is 23.2 Å². The molecule has 136 valence electrons. The predicted octanol–water partition coefficient (Wildman–Crippen LogP) is 4.27. The summed E-state index contributed by atoms with van der Waals surface area (Å²) in [6.45, 7) is 2.19. The molecule has 1 aromatic rings. The maximum Gasteiger partial charge on any atom is 0.321 e. The Labute approximate surface area is 151 Å². The molecular weight excluding hydrogens is 310 g/mol. The highest BCUT2D eigenvalue weighted by atomic mass is 16.4. The van der Waals surface area contributed by atoms with Gasteiger partial charge in [0.25, 0.3) is 0 Å². The molecule has 25 heavy (non-hydrogen) atoms. The first-order valence-corrected chi connectivity index (χ1v) is 10.0. The summed E-state index contributed by atoms with van der Waals surface area (Å²) in [4.78, 5) is 11.7. The van der Waals surface area contributed by atoms with E-state index in [-0.39, 0.29) is 6.04 Å². The Morgan fingerprint density at radius 2 is 1.68 bits per heavy atom. The fraction of sp³-hybridized carbons (Fsp3) is 0.682. The Bertz CT molecular complexity index is 576. The fourth-order valence-corrected chi connectivity index (χ4v) is 6.66. The van der Waals surface area contributed by atoms with Crippen molar-refractivity contribution in [3.63, 3.8) is 0 Å². The van der Waals surface area contributed by atoms with Crippen LogP contribution in [0.5, 0.6) is 0 Å². The summed E-state index contributed by atoms with van der Waals surface area (Å²) in [6.07, 6.45) is 10.3. The Hall–Kier alpha value is -1.35. The lowest BCUT2D eigenvalue weighted by Gasteiger charge is -2.57. The lowest BCUT2D eigenvalue weighted by atomic mass is 9.48. The zero-order valence-corrected chi connectivity index (χ0v) is 15.3. The van der Waals surface area contributed by atoms with Gasteiger partial charge in [0.05, 0.1) is 0 Å². The van der Waals surface area contributed by atoms with Crippen molar-refractivity contribution in [2.24, 2.45) is 23.2 Å². The van der Waals surface area contributed by atoms with E-state index in [2.05, 4.69) is 12.2 Å². The molecule has 0 aliphatic heterocycles. The van der Waals surface area contributed by atoms with E-state index in [1.54, 1.807) is 0 Å². The maximum absolute atomic E-state index is 11.7. The van der Waals surface area contributed by atoms with Gasteiger partial charge < -0.3 is 10.4 Å². The van der Waals surface area contributed by atoms with Crippen molar-refractivity contribution in [3.8, 4) is 0 Å². The van der Waals surface area contributed by atoms with Crippen molar-refractivity contribution in [1.82, 2.24) is 5.32 Å². The minimum atomic E-state index is -0.735. The molecule has 1 aromatic carbocycles. The van der Waals surface area contributed by atoms with E-state index >= 15 is 0 Å². The van der Waals surface area contributed by atoms with E-state index in [9.17, 15) is 9.90 Å². The van der Waals surface area contributed by atoms with Crippen LogP contribution < -0.4 is 5.32 Å². The molecule has 2 atom stereocenters. The second kappa shape index (κ2) is 6.75. The van der Waals surface area contributed by atoms with E-state index in [0.717, 1.165) is 29.7 Å². The van der Waals surface area contributed by atoms with Gasteiger partial charge in [-0.1, -0.05) is 30.3 Å². The van der Waals surface area contributed by atoms with Crippen LogP contribution in [0.2, 0.25) is 0 Å². The van der Waals surface area contributed by atoms with Crippen molar-refractivity contribution in [3.05, 3.63) is 35.9 Å². The first kappa shape index (κ1) is 17.1. The number of nitrogens with one attached hydrogen (secondary N) is 1. The molecule has 1 unspecified atom stereocenters. The second-order valence-electron chi connectivity index (χ2n) is 9.27. The molecule has 4 bridgehead atoms. The Kier molecular flexibility index (Phi) is 4.61. The molecular formula is C22H31NO2. The van der Waals surface area contributed by atoms with Gasteiger partial charge >= 0.3 is 5.97 Å². The normalized spacial score (nSPS) is 35.5. The molecule has 0 spiro atoms. The first-order chi connectivity index (χ1) is 12.0. The molecule has 0 heterocycles. The quantitative estimate of drug-likeness (QED) is 0.779. The average molecular weight is 341 g/mol. The zero-order valence-electron chi connectivity index (χ0n) is 15.3. The van der Waals surface area contributed by atoms with Gasteiger partial charge in [-0.15, -0.1) is 0 Å². The number of carbonyl (C=O) groups is 1. The Morgan fingerprint density at radius 1 is 1.12 bits per heavy atom. The standard InChI is InChI=1S/C22H31NO2/c1-15(23-20(21(24)25)10-16-5-3-2-4-6-16)11-22-12-17-7-18(13-22)9-19(8-17)14-22/h2-6,15,17-20,23H,7-14H2,1H3,(H,24,25)/t15?,17?,18?,19?,20-,22?/m1/s1. The van der Waals surface area contributed by atoms with E-state index < -0.39 is 12.0 Å². The van der Waals surface area contributed by atoms with Crippen molar-refractivity contribution in [2.75, 3.05) is 0 Å². The average Bonchev–Trinajstić information content (AvgIpc) is 2.53. The van der Waals surface area contributed by atoms with Gasteiger partial charge in [-0.3, -0.25) is 4.79 Å². The fourth-order valence-electron chi connectivity index (χ4n) is 6.66. The Morgan fingerprint density at radius 3 is 2.20 bits per heavy atom. The van der Waals surface area contributed by atoms with Gasteiger partial charge in [-0.25, -0.2) is 0 Å². The zero-order chi connectivity index (χ0) is 17.4. The third-order valence-electron chi connectivity index (χ3n) is 6.97. The SMILES string of the molecule is CC(CC12CC3CC(CC(C3)C1)C2)N[C@H](Cc1ccccc1)C(=O)O. The maximum atomic E-state index is 11.7. The lowest BCUT2D eigenvalue weighted by Crippen LogP contribution is -2.50. The molecule has 4 fully saturated rings. The molecule has 2 N–H and O–H groups in total. The van der Waals surface area contributed by atoms with Gasteiger partial charge in [0.15, 0.2) is 0 Å². The molecule has 0 amide bonds. The summed E-state index contributed by atoms with van der Waals surface area (Å²) < 4.78 is 0. The van der Waals surface area contributed by atoms with E-state index in [4.69, 9.17) is 0 Å². The van der Waals surface area contributed by atoms with Crippen LogP contribution in [0.4, 0.5) is 0 Å². The van der Waals surface area contributed by atoms with Crippen LogP contribution in [0.1, 0.15) is 57.4 Å². The van der Waals surface area contributed by atoms with E-state index in [1.807, 2.05) is 30.3 Å². The van der Waals surface area contributed by atoms with Crippen molar-refractivity contribution in [1.29, 1.82) is 0 Å². The number of carboxylic acid groups (broad SMARTS) is 1. The molecule has 5 rings (SSSR count). The number of aliphatic carboxylic acids is 1. The predicted molar refractivity (Wildman–Crippen MR) is 99.4 cm³/mol. The topological polar surface area (TPSA) is 49.3 Å². The largest absolute Gasteiger partial charge is 0.480 e. The summed E-state index contributed by atoms with van der Waals surface area (Å²) in [5.74, 6) is 2.13. The summed E-state index contributed by atoms with van der Waals surface area (Å²) in [6, 6.07) is 9.73. The number of rotatable bonds is 7. The van der Waals surface area contributed by atoms with Crippen molar-refractivity contribution < 1.29 is 9.90 Å². The van der Waals surface area contributed by atoms with Crippen LogP contribution in [0.3, 0.4) is 0 Å². The van der Waals surface area contributed by atoms with Crippen LogP contribution in [0, 0.1) is 23.2 Å². The minimum Gasteiger partial charge on any atom is -0.480 e. The van der Waals surface area contributed by atoms with E-state index in [0.29, 0.717) is 11.8 Å². The van der Waals surface area contributed by atoms with Gasteiger partial charge in [-0.05, 0) is 87.0 Å². The molecule has 0 radical (unpaired) electrons. The third-order valence-corrected chi connectivity index (χ3v) is 6.97. The lowest BCUT2D eigenvalue weighted by molar-refractivity contribution is -0.139.